The van der Waals surface area contributed by atoms with Gasteiger partial charge < -0.3 is 11.1 Å². The maximum absolute atomic E-state index is 12.2. The number of carbonyl (C=O) groups excluding carboxylic acids is 1. The molecule has 2 rings (SSSR count). The van der Waals surface area contributed by atoms with Crippen molar-refractivity contribution < 1.29 is 4.79 Å². The van der Waals surface area contributed by atoms with Crippen molar-refractivity contribution >= 4 is 51.5 Å². The normalized spacial score (nSPS) is 10.3. The maximum Gasteiger partial charge on any atom is 0.256 e. The number of nitrogens with one attached hydrogen (secondary N) is 1. The molecule has 0 aliphatic heterocycles. The molecule has 3 nitrogen and oxygen atoms in total. The number of halogens is 2. The fourth-order valence-electron chi connectivity index (χ4n) is 1.59. The van der Waals surface area contributed by atoms with Gasteiger partial charge in [0, 0.05) is 20.0 Å². The Morgan fingerprint density at radius 3 is 2.68 bits per heavy atom. The standard InChI is InChI=1S/C14H12ClIN2O/c1-8-2-4-10(7-13(8)17)18-14(19)11-6-9(15)3-5-12(11)16/h2-7H,17H2,1H3,(H,18,19). The van der Waals surface area contributed by atoms with Gasteiger partial charge in [-0.1, -0.05) is 17.7 Å². The van der Waals surface area contributed by atoms with E-state index in [-0.39, 0.29) is 5.91 Å². The third-order valence-electron chi connectivity index (χ3n) is 2.71. The molecule has 0 aromatic heterocycles. The lowest BCUT2D eigenvalue weighted by Gasteiger charge is -2.09. The first-order valence-corrected chi connectivity index (χ1v) is 7.05. The zero-order chi connectivity index (χ0) is 14.0. The lowest BCUT2D eigenvalue weighted by atomic mass is 10.1. The highest BCUT2D eigenvalue weighted by molar-refractivity contribution is 14.1. The van der Waals surface area contributed by atoms with Crippen molar-refractivity contribution in [2.45, 2.75) is 6.92 Å². The van der Waals surface area contributed by atoms with Crippen LogP contribution in [0, 0.1) is 10.5 Å². The van der Waals surface area contributed by atoms with Crippen molar-refractivity contribution in [1.82, 2.24) is 0 Å². The van der Waals surface area contributed by atoms with E-state index in [4.69, 9.17) is 17.3 Å². The van der Waals surface area contributed by atoms with Crippen LogP contribution in [0.1, 0.15) is 15.9 Å². The molecule has 0 radical (unpaired) electrons. The average Bonchev–Trinajstić information content (AvgIpc) is 2.36. The summed E-state index contributed by atoms with van der Waals surface area (Å²) in [7, 11) is 0. The van der Waals surface area contributed by atoms with E-state index < -0.39 is 0 Å². The quantitative estimate of drug-likeness (QED) is 0.603. The third-order valence-corrected chi connectivity index (χ3v) is 3.89. The number of rotatable bonds is 2. The molecule has 98 valence electrons. The highest BCUT2D eigenvalue weighted by Crippen LogP contribution is 2.21. The van der Waals surface area contributed by atoms with E-state index in [1.807, 2.05) is 19.1 Å². The van der Waals surface area contributed by atoms with E-state index in [0.717, 1.165) is 9.13 Å². The fraction of sp³-hybridized carbons (Fsp3) is 0.0714. The summed E-state index contributed by atoms with van der Waals surface area (Å²) in [5.74, 6) is -0.199. The van der Waals surface area contributed by atoms with Gasteiger partial charge in [0.15, 0.2) is 0 Å². The predicted molar refractivity (Wildman–Crippen MR) is 87.7 cm³/mol. The molecule has 0 saturated carbocycles. The number of amides is 1. The first kappa shape index (κ1) is 14.1. The molecular weight excluding hydrogens is 375 g/mol. The Labute approximate surface area is 130 Å². The van der Waals surface area contributed by atoms with Crippen LogP contribution in [0.3, 0.4) is 0 Å². The van der Waals surface area contributed by atoms with Crippen LogP contribution in [0.2, 0.25) is 5.02 Å². The predicted octanol–water partition coefficient (Wildman–Crippen LogP) is 4.09. The summed E-state index contributed by atoms with van der Waals surface area (Å²) in [5.41, 5.74) is 8.67. The van der Waals surface area contributed by atoms with E-state index in [1.54, 1.807) is 24.3 Å². The number of hydrogen-bond donors (Lipinski definition) is 2. The number of hydrogen-bond acceptors (Lipinski definition) is 2. The molecule has 0 bridgehead atoms. The van der Waals surface area contributed by atoms with Gasteiger partial charge in [-0.3, -0.25) is 4.79 Å². The summed E-state index contributed by atoms with van der Waals surface area (Å²) in [4.78, 5) is 12.2. The number of aryl methyl sites for hydroxylation is 1. The summed E-state index contributed by atoms with van der Waals surface area (Å²) < 4.78 is 0.847. The lowest BCUT2D eigenvalue weighted by Crippen LogP contribution is -2.13. The molecule has 3 N–H and O–H groups in total. The van der Waals surface area contributed by atoms with Crippen molar-refractivity contribution in [3.05, 3.63) is 56.1 Å². The van der Waals surface area contributed by atoms with Crippen LogP contribution >= 0.6 is 34.2 Å². The van der Waals surface area contributed by atoms with Crippen molar-refractivity contribution in [2.24, 2.45) is 0 Å². The highest BCUT2D eigenvalue weighted by Gasteiger charge is 2.11. The smallest absolute Gasteiger partial charge is 0.256 e. The van der Waals surface area contributed by atoms with Crippen molar-refractivity contribution in [2.75, 3.05) is 11.1 Å². The van der Waals surface area contributed by atoms with Crippen molar-refractivity contribution in [3.8, 4) is 0 Å². The van der Waals surface area contributed by atoms with E-state index >= 15 is 0 Å². The topological polar surface area (TPSA) is 55.1 Å². The largest absolute Gasteiger partial charge is 0.398 e. The molecule has 0 heterocycles. The van der Waals surface area contributed by atoms with Gasteiger partial charge in [0.25, 0.3) is 5.91 Å². The van der Waals surface area contributed by atoms with Gasteiger partial charge in [-0.05, 0) is 65.4 Å². The number of nitrogen functional groups attached to an aromatic ring is 1. The summed E-state index contributed by atoms with van der Waals surface area (Å²) in [6, 6.07) is 10.6. The summed E-state index contributed by atoms with van der Waals surface area (Å²) >= 11 is 8.01. The van der Waals surface area contributed by atoms with Gasteiger partial charge in [-0.15, -0.1) is 0 Å². The Morgan fingerprint density at radius 2 is 2.00 bits per heavy atom. The number of anilines is 2. The number of carbonyl (C=O) groups is 1. The van der Waals surface area contributed by atoms with E-state index in [1.165, 1.54) is 0 Å². The monoisotopic (exact) mass is 386 g/mol. The molecule has 0 fully saturated rings. The number of nitrogens with two attached hydrogens (primary N) is 1. The van der Waals surface area contributed by atoms with E-state index in [9.17, 15) is 4.79 Å². The molecule has 5 heteroatoms. The molecular formula is C14H12ClIN2O. The Hall–Kier alpha value is -1.27. The van der Waals surface area contributed by atoms with Crippen molar-refractivity contribution in [1.29, 1.82) is 0 Å². The van der Waals surface area contributed by atoms with Gasteiger partial charge in [-0.2, -0.15) is 0 Å². The van der Waals surface area contributed by atoms with E-state index in [2.05, 4.69) is 27.9 Å². The van der Waals surface area contributed by atoms with E-state index in [0.29, 0.717) is 22.0 Å². The van der Waals surface area contributed by atoms with Crippen LogP contribution in [-0.4, -0.2) is 5.91 Å². The lowest BCUT2D eigenvalue weighted by molar-refractivity contribution is 0.102. The molecule has 0 atom stereocenters. The molecule has 2 aromatic rings. The van der Waals surface area contributed by atoms with Gasteiger partial charge in [0.2, 0.25) is 0 Å². The molecule has 0 aliphatic carbocycles. The Morgan fingerprint density at radius 1 is 1.26 bits per heavy atom. The third kappa shape index (κ3) is 3.39. The highest BCUT2D eigenvalue weighted by atomic mass is 127. The Kier molecular flexibility index (Phi) is 4.31. The first-order chi connectivity index (χ1) is 8.97. The van der Waals surface area contributed by atoms with Gasteiger partial charge >= 0.3 is 0 Å². The van der Waals surface area contributed by atoms with Gasteiger partial charge in [-0.25, -0.2) is 0 Å². The van der Waals surface area contributed by atoms with Gasteiger partial charge in [0.05, 0.1) is 5.56 Å². The summed E-state index contributed by atoms with van der Waals surface area (Å²) in [6.45, 7) is 1.92. The average molecular weight is 387 g/mol. The van der Waals surface area contributed by atoms with Crippen LogP contribution in [0.4, 0.5) is 11.4 Å². The Balaban J connectivity index is 2.25. The second-order valence-corrected chi connectivity index (χ2v) is 5.75. The molecule has 1 amide bonds. The van der Waals surface area contributed by atoms with Crippen LogP contribution in [-0.2, 0) is 0 Å². The van der Waals surface area contributed by atoms with Crippen LogP contribution < -0.4 is 11.1 Å². The molecule has 0 spiro atoms. The molecule has 0 saturated heterocycles. The maximum atomic E-state index is 12.2. The van der Waals surface area contributed by atoms with Crippen LogP contribution in [0.25, 0.3) is 0 Å². The van der Waals surface area contributed by atoms with Crippen molar-refractivity contribution in [3.63, 3.8) is 0 Å². The van der Waals surface area contributed by atoms with Crippen LogP contribution in [0.5, 0.6) is 0 Å². The number of benzene rings is 2. The molecule has 0 aliphatic rings. The van der Waals surface area contributed by atoms with Gasteiger partial charge in [0.1, 0.15) is 0 Å². The minimum atomic E-state index is -0.199. The molecule has 0 unspecified atom stereocenters. The second kappa shape index (κ2) is 5.79. The SMILES string of the molecule is Cc1ccc(NC(=O)c2cc(Cl)ccc2I)cc1N. The minimum absolute atomic E-state index is 0.199. The molecule has 2 aromatic carbocycles. The zero-order valence-corrected chi connectivity index (χ0v) is 13.1. The first-order valence-electron chi connectivity index (χ1n) is 5.60. The minimum Gasteiger partial charge on any atom is -0.398 e. The second-order valence-electron chi connectivity index (χ2n) is 4.15. The zero-order valence-electron chi connectivity index (χ0n) is 10.2. The summed E-state index contributed by atoms with van der Waals surface area (Å²) in [5, 5.41) is 3.35. The molecule has 19 heavy (non-hydrogen) atoms. The summed E-state index contributed by atoms with van der Waals surface area (Å²) in [6.07, 6.45) is 0. The van der Waals surface area contributed by atoms with Crippen LogP contribution in [0.15, 0.2) is 36.4 Å². The fourth-order valence-corrected chi connectivity index (χ4v) is 2.34. The Bertz CT molecular complexity index is 643.